The number of hydrogen-bond donors (Lipinski definition) is 0. The second kappa shape index (κ2) is 7.08. The van der Waals surface area contributed by atoms with E-state index in [9.17, 15) is 9.59 Å². The van der Waals surface area contributed by atoms with E-state index in [1.165, 1.54) is 0 Å². The van der Waals surface area contributed by atoms with Crippen LogP contribution in [-0.4, -0.2) is 26.5 Å². The smallest absolute Gasteiger partial charge is 0.251 e. The van der Waals surface area contributed by atoms with Gasteiger partial charge in [-0.05, 0) is 43.2 Å². The Morgan fingerprint density at radius 1 is 0.958 bits per heavy atom. The number of Topliss-reactive ketones (excluding diaryl/α,β-unsaturated/α-hetero) is 2. The Hall–Kier alpha value is -2.95. The Labute approximate surface area is 139 Å². The highest BCUT2D eigenvalue weighted by Crippen LogP contribution is 2.14. The van der Waals surface area contributed by atoms with Crippen molar-refractivity contribution in [3.8, 4) is 0 Å². The fraction of sp³-hybridized carbons (Fsp3) is 0.211. The lowest BCUT2D eigenvalue weighted by Gasteiger charge is -2.04. The minimum Gasteiger partial charge on any atom is -0.285 e. The zero-order chi connectivity index (χ0) is 16.9. The standard InChI is InChI=1S/C19H17N3O2/c1-2-3-5-14-6-4-7-16(22-14)19(24)18(23)13-8-9-15-17(12-13)21-11-10-20-15/h4,6-12H,2-3,5H2,1H3. The van der Waals surface area contributed by atoms with E-state index >= 15 is 0 Å². The van der Waals surface area contributed by atoms with Gasteiger partial charge in [0.2, 0.25) is 5.78 Å². The molecule has 0 radical (unpaired) electrons. The van der Waals surface area contributed by atoms with Gasteiger partial charge in [0.05, 0.1) is 11.0 Å². The van der Waals surface area contributed by atoms with E-state index in [1.807, 2.05) is 6.07 Å². The molecule has 5 heteroatoms. The Bertz CT molecular complexity index is 906. The molecule has 5 nitrogen and oxygen atoms in total. The summed E-state index contributed by atoms with van der Waals surface area (Å²) in [6.45, 7) is 2.10. The van der Waals surface area contributed by atoms with Crippen LogP contribution < -0.4 is 0 Å². The summed E-state index contributed by atoms with van der Waals surface area (Å²) in [7, 11) is 0. The van der Waals surface area contributed by atoms with Gasteiger partial charge in [-0.15, -0.1) is 0 Å². The number of benzene rings is 1. The summed E-state index contributed by atoms with van der Waals surface area (Å²) in [4.78, 5) is 37.6. The molecule has 0 spiro atoms. The highest BCUT2D eigenvalue weighted by atomic mass is 16.2. The van der Waals surface area contributed by atoms with Crippen molar-refractivity contribution in [3.05, 3.63) is 65.7 Å². The summed E-state index contributed by atoms with van der Waals surface area (Å²) >= 11 is 0. The molecular weight excluding hydrogens is 302 g/mol. The van der Waals surface area contributed by atoms with Crippen LogP contribution >= 0.6 is 0 Å². The SMILES string of the molecule is CCCCc1cccc(C(=O)C(=O)c2ccc3nccnc3c2)n1. The third-order valence-electron chi connectivity index (χ3n) is 3.76. The van der Waals surface area contributed by atoms with Crippen molar-refractivity contribution < 1.29 is 9.59 Å². The lowest BCUT2D eigenvalue weighted by Crippen LogP contribution is -2.16. The maximum atomic E-state index is 12.5. The maximum Gasteiger partial charge on any atom is 0.251 e. The quantitative estimate of drug-likeness (QED) is 0.514. The molecule has 24 heavy (non-hydrogen) atoms. The molecule has 3 rings (SSSR count). The molecular formula is C19H17N3O2. The molecule has 0 N–H and O–H groups in total. The third-order valence-corrected chi connectivity index (χ3v) is 3.76. The molecule has 120 valence electrons. The maximum absolute atomic E-state index is 12.5. The molecule has 2 heterocycles. The summed E-state index contributed by atoms with van der Waals surface area (Å²) in [6.07, 6.45) is 5.99. The van der Waals surface area contributed by atoms with Crippen molar-refractivity contribution in [3.63, 3.8) is 0 Å². The fourth-order valence-electron chi connectivity index (χ4n) is 2.46. The van der Waals surface area contributed by atoms with Crippen LogP contribution in [0.5, 0.6) is 0 Å². The lowest BCUT2D eigenvalue weighted by molar-refractivity contribution is 0.0814. The first-order valence-corrected chi connectivity index (χ1v) is 7.95. The first kappa shape index (κ1) is 15.9. The van der Waals surface area contributed by atoms with E-state index in [1.54, 1.807) is 42.7 Å². The number of nitrogens with zero attached hydrogens (tertiary/aromatic N) is 3. The van der Waals surface area contributed by atoms with Crippen molar-refractivity contribution >= 4 is 22.6 Å². The number of carbonyl (C=O) groups is 2. The van der Waals surface area contributed by atoms with Crippen LogP contribution in [0, 0.1) is 0 Å². The highest BCUT2D eigenvalue weighted by Gasteiger charge is 2.20. The predicted molar refractivity (Wildman–Crippen MR) is 91.0 cm³/mol. The first-order chi connectivity index (χ1) is 11.7. The van der Waals surface area contributed by atoms with Crippen LogP contribution in [0.1, 0.15) is 46.3 Å². The minimum atomic E-state index is -0.600. The van der Waals surface area contributed by atoms with Gasteiger partial charge in [-0.25, -0.2) is 4.98 Å². The number of carbonyl (C=O) groups excluding carboxylic acids is 2. The van der Waals surface area contributed by atoms with Gasteiger partial charge >= 0.3 is 0 Å². The van der Waals surface area contributed by atoms with Crippen molar-refractivity contribution in [2.45, 2.75) is 26.2 Å². The summed E-state index contributed by atoms with van der Waals surface area (Å²) in [5.74, 6) is -1.18. The average Bonchev–Trinajstić information content (AvgIpc) is 2.65. The van der Waals surface area contributed by atoms with Crippen LogP contribution in [0.2, 0.25) is 0 Å². The van der Waals surface area contributed by atoms with Crippen LogP contribution in [0.25, 0.3) is 11.0 Å². The van der Waals surface area contributed by atoms with Gasteiger partial charge in [0.25, 0.3) is 5.78 Å². The van der Waals surface area contributed by atoms with Crippen molar-refractivity contribution in [2.75, 3.05) is 0 Å². The van der Waals surface area contributed by atoms with Crippen molar-refractivity contribution in [1.82, 2.24) is 15.0 Å². The summed E-state index contributed by atoms with van der Waals surface area (Å²) in [5, 5.41) is 0. The number of ketones is 2. The number of aromatic nitrogens is 3. The zero-order valence-corrected chi connectivity index (χ0v) is 13.4. The number of rotatable bonds is 6. The van der Waals surface area contributed by atoms with E-state index in [0.29, 0.717) is 16.6 Å². The molecule has 0 saturated heterocycles. The summed E-state index contributed by atoms with van der Waals surface area (Å²) in [5.41, 5.74) is 2.59. The Morgan fingerprint density at radius 2 is 1.75 bits per heavy atom. The Morgan fingerprint density at radius 3 is 2.54 bits per heavy atom. The van der Waals surface area contributed by atoms with Gasteiger partial charge in [0.15, 0.2) is 0 Å². The van der Waals surface area contributed by atoms with Gasteiger partial charge in [-0.1, -0.05) is 19.4 Å². The Balaban J connectivity index is 1.86. The monoisotopic (exact) mass is 319 g/mol. The lowest BCUT2D eigenvalue weighted by atomic mass is 10.0. The topological polar surface area (TPSA) is 72.8 Å². The normalized spacial score (nSPS) is 10.7. The number of aryl methyl sites for hydroxylation is 1. The molecule has 0 aliphatic rings. The van der Waals surface area contributed by atoms with Gasteiger partial charge < -0.3 is 0 Å². The second-order valence-electron chi connectivity index (χ2n) is 5.54. The van der Waals surface area contributed by atoms with Gasteiger partial charge in [-0.3, -0.25) is 19.6 Å². The second-order valence-corrected chi connectivity index (χ2v) is 5.54. The van der Waals surface area contributed by atoms with Crippen LogP contribution in [0.15, 0.2) is 48.8 Å². The summed E-state index contributed by atoms with van der Waals surface area (Å²) in [6, 6.07) is 10.1. The first-order valence-electron chi connectivity index (χ1n) is 7.95. The van der Waals surface area contributed by atoms with E-state index in [0.717, 1.165) is 25.0 Å². The largest absolute Gasteiger partial charge is 0.285 e. The van der Waals surface area contributed by atoms with Crippen LogP contribution in [0.4, 0.5) is 0 Å². The third kappa shape index (κ3) is 3.35. The highest BCUT2D eigenvalue weighted by molar-refractivity contribution is 6.49. The molecule has 3 aromatic rings. The zero-order valence-electron chi connectivity index (χ0n) is 13.4. The molecule has 0 unspecified atom stereocenters. The summed E-state index contributed by atoms with van der Waals surface area (Å²) < 4.78 is 0. The number of pyridine rings is 1. The van der Waals surface area contributed by atoms with Crippen molar-refractivity contribution in [1.29, 1.82) is 0 Å². The van der Waals surface area contributed by atoms with Crippen LogP contribution in [-0.2, 0) is 6.42 Å². The molecule has 0 fully saturated rings. The van der Waals surface area contributed by atoms with Crippen molar-refractivity contribution in [2.24, 2.45) is 0 Å². The molecule has 0 saturated carbocycles. The van der Waals surface area contributed by atoms with Gasteiger partial charge in [0.1, 0.15) is 5.69 Å². The molecule has 0 aliphatic heterocycles. The van der Waals surface area contributed by atoms with E-state index in [4.69, 9.17) is 0 Å². The molecule has 0 aliphatic carbocycles. The van der Waals surface area contributed by atoms with Crippen LogP contribution in [0.3, 0.4) is 0 Å². The molecule has 2 aromatic heterocycles. The molecule has 0 atom stereocenters. The van der Waals surface area contributed by atoms with E-state index in [-0.39, 0.29) is 5.69 Å². The average molecular weight is 319 g/mol. The Kier molecular flexibility index (Phi) is 4.70. The number of hydrogen-bond acceptors (Lipinski definition) is 5. The number of fused-ring (bicyclic) bond motifs is 1. The predicted octanol–water partition coefficient (Wildman–Crippen LogP) is 3.43. The minimum absolute atomic E-state index is 0.188. The van der Waals surface area contributed by atoms with Gasteiger partial charge in [0, 0.05) is 23.7 Å². The van der Waals surface area contributed by atoms with E-state index < -0.39 is 11.6 Å². The van der Waals surface area contributed by atoms with Gasteiger partial charge in [-0.2, -0.15) is 0 Å². The fourth-order valence-corrected chi connectivity index (χ4v) is 2.46. The molecule has 0 amide bonds. The molecule has 0 bridgehead atoms. The molecule has 1 aromatic carbocycles. The number of unbranched alkanes of at least 4 members (excludes halogenated alkanes) is 1. The van der Waals surface area contributed by atoms with E-state index in [2.05, 4.69) is 21.9 Å².